The van der Waals surface area contributed by atoms with Gasteiger partial charge in [-0.15, -0.1) is 0 Å². The molecule has 1 atom stereocenters. The molecule has 1 aromatic rings. The van der Waals surface area contributed by atoms with Crippen molar-refractivity contribution in [2.45, 2.75) is 45.3 Å². The van der Waals surface area contributed by atoms with Crippen LogP contribution in [0.25, 0.3) is 0 Å². The average Bonchev–Trinajstić information content (AvgIpc) is 2.55. The van der Waals surface area contributed by atoms with Crippen molar-refractivity contribution in [2.24, 2.45) is 0 Å². The van der Waals surface area contributed by atoms with E-state index in [1.807, 2.05) is 39.0 Å². The number of halogens is 1. The topological polar surface area (TPSA) is 38.3 Å². The summed E-state index contributed by atoms with van der Waals surface area (Å²) in [6.07, 6.45) is 1.07. The van der Waals surface area contributed by atoms with Gasteiger partial charge in [-0.25, -0.2) is 4.79 Å². The van der Waals surface area contributed by atoms with Gasteiger partial charge in [0.2, 0.25) is 0 Å². The Morgan fingerprint density at radius 2 is 2.00 bits per heavy atom. The summed E-state index contributed by atoms with van der Waals surface area (Å²) in [7, 11) is 0. The number of alkyl carbamates (subject to hydrolysis) is 1. The highest BCUT2D eigenvalue weighted by atomic mass is 35.5. The molecule has 1 aliphatic carbocycles. The minimum atomic E-state index is -0.355. The van der Waals surface area contributed by atoms with Crippen LogP contribution in [0.3, 0.4) is 0 Å². The first-order chi connectivity index (χ1) is 8.33. The van der Waals surface area contributed by atoms with Crippen LogP contribution in [0.5, 0.6) is 0 Å². The molecule has 0 saturated carbocycles. The lowest BCUT2D eigenvalue weighted by atomic mass is 10.1. The number of ether oxygens (including phenoxy) is 1. The molecule has 4 heteroatoms. The maximum atomic E-state index is 11.7. The monoisotopic (exact) mass is 267 g/mol. The van der Waals surface area contributed by atoms with Gasteiger partial charge in [0.05, 0.1) is 0 Å². The van der Waals surface area contributed by atoms with E-state index in [2.05, 4.69) is 5.32 Å². The summed E-state index contributed by atoms with van der Waals surface area (Å²) in [4.78, 5) is 11.7. The Bertz CT molecular complexity index is 465. The molecule has 2 rings (SSSR count). The number of rotatable bonds is 1. The Balaban J connectivity index is 1.94. The van der Waals surface area contributed by atoms with E-state index in [4.69, 9.17) is 16.3 Å². The molecular formula is C14H18ClNO2. The predicted molar refractivity (Wildman–Crippen MR) is 72.0 cm³/mol. The summed E-state index contributed by atoms with van der Waals surface area (Å²) in [5.41, 5.74) is 2.12. The molecule has 1 aromatic carbocycles. The largest absolute Gasteiger partial charge is 0.446 e. The van der Waals surface area contributed by atoms with Gasteiger partial charge in [0.15, 0.2) is 0 Å². The summed E-state index contributed by atoms with van der Waals surface area (Å²) < 4.78 is 5.42. The van der Waals surface area contributed by atoms with Crippen LogP contribution in [-0.2, 0) is 17.6 Å². The first-order valence-corrected chi connectivity index (χ1v) is 6.47. The Labute approximate surface area is 112 Å². The molecule has 0 aliphatic heterocycles. The van der Waals surface area contributed by atoms with E-state index in [0.717, 1.165) is 17.9 Å². The van der Waals surface area contributed by atoms with E-state index in [1.165, 1.54) is 11.1 Å². The van der Waals surface area contributed by atoms with E-state index < -0.39 is 0 Å². The number of benzene rings is 1. The van der Waals surface area contributed by atoms with E-state index in [1.54, 1.807) is 0 Å². The second-order valence-corrected chi connectivity index (χ2v) is 6.16. The van der Waals surface area contributed by atoms with Gasteiger partial charge in [-0.3, -0.25) is 0 Å². The van der Waals surface area contributed by atoms with Gasteiger partial charge < -0.3 is 10.1 Å². The molecule has 0 saturated heterocycles. The lowest BCUT2D eigenvalue weighted by molar-refractivity contribution is 0.0961. The molecule has 0 spiro atoms. The molecule has 98 valence electrons. The summed E-state index contributed by atoms with van der Waals surface area (Å²) in [5, 5.41) is 3.53. The zero-order valence-electron chi connectivity index (χ0n) is 10.9. The molecule has 0 aromatic heterocycles. The van der Waals surface area contributed by atoms with Crippen molar-refractivity contribution in [3.63, 3.8) is 0 Å². The van der Waals surface area contributed by atoms with Crippen LogP contribution in [0, 0.1) is 0 Å². The standard InChI is InChI=1S/C14H18ClNO2/c1-14(2,3)16-13(17)18-12-7-9-4-5-11(15)6-10(9)8-12/h4-6,12H,7-8H2,1-3H3,(H,16,17). The molecule has 1 aliphatic rings. The van der Waals surface area contributed by atoms with Gasteiger partial charge in [0.1, 0.15) is 6.10 Å². The Morgan fingerprint density at radius 1 is 1.33 bits per heavy atom. The van der Waals surface area contributed by atoms with Crippen LogP contribution in [0.1, 0.15) is 31.9 Å². The molecule has 18 heavy (non-hydrogen) atoms. The second-order valence-electron chi connectivity index (χ2n) is 5.72. The SMILES string of the molecule is CC(C)(C)NC(=O)OC1Cc2ccc(Cl)cc2C1. The third-order valence-corrected chi connectivity index (χ3v) is 3.05. The van der Waals surface area contributed by atoms with Crippen molar-refractivity contribution in [2.75, 3.05) is 0 Å². The number of carbonyl (C=O) groups excluding carboxylic acids is 1. The summed E-state index contributed by atoms with van der Waals surface area (Å²) in [6, 6.07) is 5.82. The fraction of sp³-hybridized carbons (Fsp3) is 0.500. The van der Waals surface area contributed by atoms with Crippen LogP contribution in [0.4, 0.5) is 4.79 Å². The van der Waals surface area contributed by atoms with Crippen molar-refractivity contribution in [1.29, 1.82) is 0 Å². The van der Waals surface area contributed by atoms with Gasteiger partial charge in [-0.2, -0.15) is 0 Å². The third kappa shape index (κ3) is 3.39. The minimum absolute atomic E-state index is 0.0826. The highest BCUT2D eigenvalue weighted by Gasteiger charge is 2.26. The number of hydrogen-bond donors (Lipinski definition) is 1. The van der Waals surface area contributed by atoms with Crippen LogP contribution in [-0.4, -0.2) is 17.7 Å². The molecule has 1 amide bonds. The Hall–Kier alpha value is -1.22. The predicted octanol–water partition coefficient (Wildman–Crippen LogP) is 3.33. The zero-order chi connectivity index (χ0) is 13.3. The lowest BCUT2D eigenvalue weighted by Gasteiger charge is -2.21. The van der Waals surface area contributed by atoms with Gasteiger partial charge in [0.25, 0.3) is 0 Å². The smallest absolute Gasteiger partial charge is 0.407 e. The number of fused-ring (bicyclic) bond motifs is 1. The Kier molecular flexibility index (Phi) is 3.53. The maximum absolute atomic E-state index is 11.7. The zero-order valence-corrected chi connectivity index (χ0v) is 11.7. The van der Waals surface area contributed by atoms with E-state index in [0.29, 0.717) is 0 Å². The van der Waals surface area contributed by atoms with Crippen molar-refractivity contribution in [3.8, 4) is 0 Å². The van der Waals surface area contributed by atoms with Gasteiger partial charge in [-0.05, 0) is 44.0 Å². The normalized spacial score (nSPS) is 18.3. The van der Waals surface area contributed by atoms with Crippen molar-refractivity contribution < 1.29 is 9.53 Å². The van der Waals surface area contributed by atoms with Crippen molar-refractivity contribution >= 4 is 17.7 Å². The third-order valence-electron chi connectivity index (χ3n) is 2.81. The first kappa shape index (κ1) is 13.2. The molecule has 0 bridgehead atoms. The fourth-order valence-corrected chi connectivity index (χ4v) is 2.31. The first-order valence-electron chi connectivity index (χ1n) is 6.09. The van der Waals surface area contributed by atoms with Crippen LogP contribution in [0.15, 0.2) is 18.2 Å². The summed E-state index contributed by atoms with van der Waals surface area (Å²) in [6.45, 7) is 5.78. The van der Waals surface area contributed by atoms with Crippen molar-refractivity contribution in [3.05, 3.63) is 34.3 Å². The molecular weight excluding hydrogens is 250 g/mol. The summed E-state index contributed by atoms with van der Waals surface area (Å²) in [5.74, 6) is 0. The fourth-order valence-electron chi connectivity index (χ4n) is 2.12. The van der Waals surface area contributed by atoms with E-state index >= 15 is 0 Å². The number of hydrogen-bond acceptors (Lipinski definition) is 2. The minimum Gasteiger partial charge on any atom is -0.446 e. The maximum Gasteiger partial charge on any atom is 0.407 e. The molecule has 0 radical (unpaired) electrons. The molecule has 0 heterocycles. The Morgan fingerprint density at radius 3 is 2.67 bits per heavy atom. The lowest BCUT2D eigenvalue weighted by Crippen LogP contribution is -2.42. The van der Waals surface area contributed by atoms with Crippen LogP contribution >= 0.6 is 11.6 Å². The molecule has 0 fully saturated rings. The van der Waals surface area contributed by atoms with Crippen molar-refractivity contribution in [1.82, 2.24) is 5.32 Å². The molecule has 1 unspecified atom stereocenters. The molecule has 3 nitrogen and oxygen atoms in total. The molecule has 1 N–H and O–H groups in total. The van der Waals surface area contributed by atoms with E-state index in [9.17, 15) is 4.79 Å². The van der Waals surface area contributed by atoms with Gasteiger partial charge >= 0.3 is 6.09 Å². The van der Waals surface area contributed by atoms with E-state index in [-0.39, 0.29) is 17.7 Å². The second kappa shape index (κ2) is 4.81. The van der Waals surface area contributed by atoms with Crippen LogP contribution < -0.4 is 5.32 Å². The quantitative estimate of drug-likeness (QED) is 0.848. The number of nitrogens with one attached hydrogen (secondary N) is 1. The van der Waals surface area contributed by atoms with Gasteiger partial charge in [-0.1, -0.05) is 17.7 Å². The number of amides is 1. The summed E-state index contributed by atoms with van der Waals surface area (Å²) >= 11 is 5.94. The highest BCUT2D eigenvalue weighted by Crippen LogP contribution is 2.27. The number of carbonyl (C=O) groups is 1. The average molecular weight is 268 g/mol. The van der Waals surface area contributed by atoms with Crippen LogP contribution in [0.2, 0.25) is 5.02 Å². The van der Waals surface area contributed by atoms with Gasteiger partial charge in [0, 0.05) is 23.4 Å². The highest BCUT2D eigenvalue weighted by molar-refractivity contribution is 6.30.